The van der Waals surface area contributed by atoms with Crippen molar-refractivity contribution in [2.75, 3.05) is 0 Å². The second kappa shape index (κ2) is 16.1. The molecule has 6 nitrogen and oxygen atoms in total. The Labute approximate surface area is 427 Å². The number of benzene rings is 9. The standard InChI is InChI=1S/C65H47N5O.Pt/c1-41-31-32-66-62(33-41)69-59-37-47(29-30-49(59)54-38-55-51-25-16-24-50-48-23-11-12-26-56(48)70(64(50)51)61(55)39-60(54)69)71-46-22-15-21-45(36-46)67-40-68(58-28-14-13-27-57(58)67)63-52(42-17-7-5-8-18-42)34-44(65(2,3)4)35-53(63)43-19-9-6-10-20-43;/h5-39H,1-4H3;. The van der Waals surface area contributed by atoms with Crippen molar-refractivity contribution in [3.8, 4) is 50.9 Å². The fourth-order valence-electron chi connectivity index (χ4n) is 11.2. The summed E-state index contributed by atoms with van der Waals surface area (Å²) >= 11 is 2.53. The minimum atomic E-state index is -0.0740. The van der Waals surface area contributed by atoms with Gasteiger partial charge >= 0.3 is 320 Å². The Hall–Kier alpha value is -8.31. The third kappa shape index (κ3) is 6.52. The Bertz CT molecular complexity index is 4490. The van der Waals surface area contributed by atoms with E-state index in [2.05, 4.69) is 271 Å². The van der Waals surface area contributed by atoms with Crippen LogP contribution < -0.4 is 4.74 Å². The second-order valence-electron chi connectivity index (χ2n) is 20.0. The van der Waals surface area contributed by atoms with Gasteiger partial charge in [0.2, 0.25) is 0 Å². The van der Waals surface area contributed by atoms with Gasteiger partial charge in [-0.25, -0.2) is 0 Å². The molecule has 0 aliphatic carbocycles. The molecule has 0 N–H and O–H groups in total. The van der Waals surface area contributed by atoms with Gasteiger partial charge in [0.15, 0.2) is 0 Å². The van der Waals surface area contributed by atoms with Crippen molar-refractivity contribution < 1.29 is 24.1 Å². The van der Waals surface area contributed by atoms with E-state index >= 15 is 0 Å². The molecule has 5 aromatic heterocycles. The van der Waals surface area contributed by atoms with Gasteiger partial charge in [-0.2, -0.15) is 0 Å². The average Bonchev–Trinajstić information content (AvgIpc) is 4.12. The molecule has 72 heavy (non-hydrogen) atoms. The van der Waals surface area contributed by atoms with E-state index < -0.39 is 0 Å². The minimum absolute atomic E-state index is 0.0740. The molecule has 0 aliphatic heterocycles. The molecule has 0 saturated heterocycles. The van der Waals surface area contributed by atoms with Crippen molar-refractivity contribution in [2.45, 2.75) is 33.1 Å². The summed E-state index contributed by atoms with van der Waals surface area (Å²) in [7, 11) is 0. The van der Waals surface area contributed by atoms with Crippen molar-refractivity contribution in [1.29, 1.82) is 0 Å². The van der Waals surface area contributed by atoms with Crippen LogP contribution in [0.3, 0.4) is 0 Å². The van der Waals surface area contributed by atoms with Crippen LogP contribution >= 0.6 is 0 Å². The number of ether oxygens (including phenoxy) is 1. The number of aromatic nitrogens is 5. The molecule has 0 aliphatic rings. The fraction of sp³-hybridized carbons (Fsp3) is 0.0769. The van der Waals surface area contributed by atoms with Gasteiger partial charge in [0.1, 0.15) is 0 Å². The zero-order valence-corrected chi connectivity index (χ0v) is 42.4. The number of hydrogen-bond donors (Lipinski definition) is 0. The number of para-hydroxylation sites is 4. The number of aryl methyl sites for hydroxylation is 1. The Kier molecular flexibility index (Phi) is 9.52. The van der Waals surface area contributed by atoms with Gasteiger partial charge in [-0.15, -0.1) is 0 Å². The molecule has 14 aromatic rings. The molecular weight excluding hydrogens is 1060 g/mol. The molecular formula is C65H47N5OPt. The first kappa shape index (κ1) is 42.6. The van der Waals surface area contributed by atoms with E-state index in [1.807, 2.05) is 6.20 Å². The minimum Gasteiger partial charge on any atom is 0.0620 e. The quantitative estimate of drug-likeness (QED) is 0.160. The number of fused-ring (bicyclic) bond motifs is 10. The maximum absolute atomic E-state index is 6.94. The van der Waals surface area contributed by atoms with Gasteiger partial charge in [0, 0.05) is 27.7 Å². The van der Waals surface area contributed by atoms with Crippen LogP contribution in [-0.4, -0.2) is 23.1 Å². The predicted octanol–water partition coefficient (Wildman–Crippen LogP) is 16.9. The molecule has 0 radical (unpaired) electrons. The Morgan fingerprint density at radius 1 is 0.444 bits per heavy atom. The molecule has 0 amide bonds. The monoisotopic (exact) mass is 1110 g/mol. The van der Waals surface area contributed by atoms with E-state index in [9.17, 15) is 0 Å². The van der Waals surface area contributed by atoms with Gasteiger partial charge in [0.25, 0.3) is 0 Å². The van der Waals surface area contributed by atoms with E-state index in [0.717, 1.165) is 65.5 Å². The van der Waals surface area contributed by atoms with Crippen molar-refractivity contribution >= 4 is 70.9 Å². The topological polar surface area (TPSA) is 41.3 Å². The van der Waals surface area contributed by atoms with Gasteiger partial charge in [-0.3, -0.25) is 0 Å². The molecule has 0 unspecified atom stereocenters. The zero-order valence-electron chi connectivity index (χ0n) is 40.2. The maximum atomic E-state index is 6.94. The third-order valence-corrected chi connectivity index (χ3v) is 15.6. The summed E-state index contributed by atoms with van der Waals surface area (Å²) in [6, 6.07) is 74.6. The first-order chi connectivity index (χ1) is 35.2. The van der Waals surface area contributed by atoms with Crippen LogP contribution in [0.5, 0.6) is 11.5 Å². The molecule has 14 rings (SSSR count). The fourth-order valence-corrected chi connectivity index (χ4v) is 12.3. The SMILES string of the molecule is Cc1ccnc(-n2c3cc(Oc4cccc(-n5[c](=[Pt])n(-c6c(-c7ccccc7)cc(C(C)(C)C)cc6-c6ccccc6)c6ccccc65)c4)ccc3c3cc4c5cccc6c7ccccc7n(c4cc32)c65)c1. The zero-order chi connectivity index (χ0) is 48.4. The van der Waals surface area contributed by atoms with Crippen molar-refractivity contribution in [1.82, 2.24) is 23.1 Å². The number of pyridine rings is 1. The van der Waals surface area contributed by atoms with E-state index in [1.165, 1.54) is 71.3 Å². The van der Waals surface area contributed by atoms with Crippen LogP contribution in [0.4, 0.5) is 0 Å². The number of imidazole rings is 1. The van der Waals surface area contributed by atoms with Crippen LogP contribution in [-0.2, 0) is 24.8 Å². The van der Waals surface area contributed by atoms with Gasteiger partial charge in [-0.1, -0.05) is 36.4 Å². The molecule has 5 heterocycles. The predicted molar refractivity (Wildman–Crippen MR) is 293 cm³/mol. The summed E-state index contributed by atoms with van der Waals surface area (Å²) < 4.78 is 17.6. The number of hydrogen-bond acceptors (Lipinski definition) is 2. The molecule has 0 atom stereocenters. The summed E-state index contributed by atoms with van der Waals surface area (Å²) in [4.78, 5) is 4.98. The molecule has 7 heteroatoms. The summed E-state index contributed by atoms with van der Waals surface area (Å²) in [6.07, 6.45) is 1.91. The first-order valence-corrected chi connectivity index (χ1v) is 25.7. The Morgan fingerprint density at radius 2 is 1.03 bits per heavy atom. The molecule has 0 fully saturated rings. The van der Waals surface area contributed by atoms with Crippen LogP contribution in [0.25, 0.3) is 110 Å². The summed E-state index contributed by atoms with van der Waals surface area (Å²) in [5.74, 6) is 2.36. The van der Waals surface area contributed by atoms with Gasteiger partial charge in [-0.05, 0) is 24.6 Å². The Balaban J connectivity index is 0.933. The van der Waals surface area contributed by atoms with Crippen LogP contribution in [0.1, 0.15) is 31.9 Å². The normalized spacial score (nSPS) is 12.2. The third-order valence-electron chi connectivity index (χ3n) is 14.6. The molecule has 0 bridgehead atoms. The van der Waals surface area contributed by atoms with E-state index in [-0.39, 0.29) is 5.41 Å². The van der Waals surface area contributed by atoms with E-state index in [4.69, 9.17) is 9.72 Å². The van der Waals surface area contributed by atoms with Crippen molar-refractivity contribution in [3.05, 3.63) is 227 Å². The Morgan fingerprint density at radius 3 is 1.74 bits per heavy atom. The van der Waals surface area contributed by atoms with Crippen molar-refractivity contribution in [2.24, 2.45) is 0 Å². The molecule has 0 spiro atoms. The molecule has 0 saturated carbocycles. The second-order valence-corrected chi connectivity index (χ2v) is 21.1. The molecule has 9 aromatic carbocycles. The summed E-state index contributed by atoms with van der Waals surface area (Å²) in [6.45, 7) is 9.02. The average molecular weight is 1110 g/mol. The van der Waals surface area contributed by atoms with E-state index in [0.29, 0.717) is 0 Å². The number of rotatable bonds is 7. The van der Waals surface area contributed by atoms with Crippen LogP contribution in [0.2, 0.25) is 0 Å². The van der Waals surface area contributed by atoms with Crippen LogP contribution in [0, 0.1) is 10.7 Å². The first-order valence-electron chi connectivity index (χ1n) is 24.5. The number of nitrogens with zero attached hydrogens (tertiary/aromatic N) is 5. The van der Waals surface area contributed by atoms with Gasteiger partial charge < -0.3 is 4.40 Å². The molecule has 348 valence electrons. The summed E-state index contributed by atoms with van der Waals surface area (Å²) in [5, 5.41) is 7.37. The summed E-state index contributed by atoms with van der Waals surface area (Å²) in [5.41, 5.74) is 17.2. The smallest absolute Gasteiger partial charge is 0.0620 e. The van der Waals surface area contributed by atoms with E-state index in [1.54, 1.807) is 0 Å². The van der Waals surface area contributed by atoms with Crippen LogP contribution in [0.15, 0.2) is 212 Å². The van der Waals surface area contributed by atoms with Crippen molar-refractivity contribution in [3.63, 3.8) is 0 Å². The van der Waals surface area contributed by atoms with Gasteiger partial charge in [0.05, 0.1) is 16.6 Å².